The largest absolute Gasteiger partial charge is 0.457 e. The van der Waals surface area contributed by atoms with Crippen molar-refractivity contribution in [3.8, 4) is 11.3 Å². The maximum absolute atomic E-state index is 12.9. The molecular weight excluding hydrogens is 476 g/mol. The van der Waals surface area contributed by atoms with E-state index in [0.717, 1.165) is 21.4 Å². The highest BCUT2D eigenvalue weighted by atomic mass is 32.2. The molecule has 0 bridgehead atoms. The first kappa shape index (κ1) is 21.9. The molecule has 11 heteroatoms. The number of benzene rings is 2. The average Bonchev–Trinajstić information content (AvgIpc) is 3.39. The van der Waals surface area contributed by atoms with Crippen molar-refractivity contribution < 1.29 is 12.8 Å². The second-order valence-electron chi connectivity index (χ2n) is 7.41. The van der Waals surface area contributed by atoms with Crippen LogP contribution >= 0.6 is 11.3 Å². The summed E-state index contributed by atoms with van der Waals surface area (Å²) in [5.41, 5.74) is 0.846. The predicted molar refractivity (Wildman–Crippen MR) is 127 cm³/mol. The molecule has 3 aromatic heterocycles. The second-order valence-corrected chi connectivity index (χ2v) is 9.98. The first-order chi connectivity index (χ1) is 16.3. The first-order valence-corrected chi connectivity index (χ1v) is 12.4. The number of hydrogen-bond donors (Lipinski definition) is 1. The fourth-order valence-electron chi connectivity index (χ4n) is 3.36. The van der Waals surface area contributed by atoms with Gasteiger partial charge in [-0.1, -0.05) is 41.7 Å². The van der Waals surface area contributed by atoms with Gasteiger partial charge in [-0.05, 0) is 42.0 Å². The number of nitrogens with two attached hydrogens (primary N) is 1. The quantitative estimate of drug-likeness (QED) is 0.393. The van der Waals surface area contributed by atoms with Crippen LogP contribution in [0.5, 0.6) is 0 Å². The number of fused-ring (bicyclic) bond motifs is 1. The summed E-state index contributed by atoms with van der Waals surface area (Å²) in [6.45, 7) is 0. The summed E-state index contributed by atoms with van der Waals surface area (Å²) >= 11 is 1.04. The molecule has 5 aromatic rings. The molecule has 3 heterocycles. The molecule has 0 aliphatic carbocycles. The van der Waals surface area contributed by atoms with Gasteiger partial charge in [-0.15, -0.1) is 0 Å². The number of hydrogen-bond acceptors (Lipinski definition) is 8. The van der Waals surface area contributed by atoms with Crippen LogP contribution in [0.2, 0.25) is 0 Å². The van der Waals surface area contributed by atoms with Crippen molar-refractivity contribution in [1.29, 1.82) is 0 Å². The summed E-state index contributed by atoms with van der Waals surface area (Å²) < 4.78 is 30.1. The van der Waals surface area contributed by atoms with E-state index in [0.29, 0.717) is 21.6 Å². The van der Waals surface area contributed by atoms with Gasteiger partial charge in [0.25, 0.3) is 11.1 Å². The van der Waals surface area contributed by atoms with Gasteiger partial charge in [0, 0.05) is 18.1 Å². The van der Waals surface area contributed by atoms with Crippen LogP contribution in [-0.2, 0) is 16.4 Å². The summed E-state index contributed by atoms with van der Waals surface area (Å²) in [4.78, 5) is 29.5. The van der Waals surface area contributed by atoms with Crippen LogP contribution in [0.1, 0.15) is 17.0 Å². The number of thiazole rings is 1. The summed E-state index contributed by atoms with van der Waals surface area (Å²) in [5.74, 6) is 0.887. The minimum Gasteiger partial charge on any atom is -0.457 e. The number of sulfonamides is 1. The van der Waals surface area contributed by atoms with Crippen LogP contribution in [0.3, 0.4) is 0 Å². The highest BCUT2D eigenvalue weighted by Crippen LogP contribution is 2.23. The molecule has 0 aliphatic heterocycles. The molecule has 5 rings (SSSR count). The molecule has 2 aromatic carbocycles. The van der Waals surface area contributed by atoms with Gasteiger partial charge in [0.1, 0.15) is 21.7 Å². The van der Waals surface area contributed by atoms with E-state index in [1.54, 1.807) is 30.3 Å². The molecular formula is C23H16N4O5S2. The molecule has 0 saturated carbocycles. The summed E-state index contributed by atoms with van der Waals surface area (Å²) in [6, 6.07) is 18.7. The molecule has 0 radical (unpaired) electrons. The SMILES string of the molecule is NS(=O)(=O)c1ccc(-c2ccc(/C=c3\sc4nc(=O)c(Cc5ccccc5)nn4c3=O)o2)cc1. The van der Waals surface area contributed by atoms with E-state index in [-0.39, 0.29) is 22.0 Å². The van der Waals surface area contributed by atoms with Crippen molar-refractivity contribution in [2.24, 2.45) is 5.14 Å². The standard InChI is InChI=1S/C23H16N4O5S2/c24-34(30,31)17-9-6-15(7-10-17)19-11-8-16(32-19)13-20-22(29)27-23(33-20)25-21(28)18(26-27)12-14-4-2-1-3-5-14/h1-11,13H,12H2,(H2,24,30,31)/b20-13-. The zero-order chi connectivity index (χ0) is 23.9. The zero-order valence-corrected chi connectivity index (χ0v) is 19.0. The lowest BCUT2D eigenvalue weighted by Crippen LogP contribution is -2.28. The topological polar surface area (TPSA) is 138 Å². The van der Waals surface area contributed by atoms with Gasteiger partial charge in [-0.3, -0.25) is 9.59 Å². The van der Waals surface area contributed by atoms with Crippen LogP contribution in [0.25, 0.3) is 22.4 Å². The Morgan fingerprint density at radius 2 is 1.74 bits per heavy atom. The van der Waals surface area contributed by atoms with Crippen molar-refractivity contribution in [3.63, 3.8) is 0 Å². The van der Waals surface area contributed by atoms with E-state index in [1.165, 1.54) is 12.1 Å². The number of rotatable bonds is 5. The monoisotopic (exact) mass is 492 g/mol. The van der Waals surface area contributed by atoms with Crippen LogP contribution < -0.4 is 20.8 Å². The Morgan fingerprint density at radius 3 is 2.44 bits per heavy atom. The molecule has 170 valence electrons. The number of furan rings is 1. The highest BCUT2D eigenvalue weighted by molar-refractivity contribution is 7.89. The van der Waals surface area contributed by atoms with E-state index < -0.39 is 21.1 Å². The lowest BCUT2D eigenvalue weighted by atomic mass is 10.1. The predicted octanol–water partition coefficient (Wildman–Crippen LogP) is 1.56. The average molecular weight is 493 g/mol. The molecule has 0 fully saturated rings. The fourth-order valence-corrected chi connectivity index (χ4v) is 4.76. The summed E-state index contributed by atoms with van der Waals surface area (Å²) in [5, 5.41) is 9.36. The van der Waals surface area contributed by atoms with Gasteiger partial charge in [-0.25, -0.2) is 13.6 Å². The Morgan fingerprint density at radius 1 is 1.00 bits per heavy atom. The molecule has 0 saturated heterocycles. The Balaban J connectivity index is 1.49. The third-order valence-electron chi connectivity index (χ3n) is 5.03. The first-order valence-electron chi connectivity index (χ1n) is 9.99. The van der Waals surface area contributed by atoms with Crippen LogP contribution in [0, 0.1) is 0 Å². The second kappa shape index (κ2) is 8.45. The van der Waals surface area contributed by atoms with Crippen molar-refractivity contribution in [3.05, 3.63) is 109 Å². The zero-order valence-electron chi connectivity index (χ0n) is 17.4. The van der Waals surface area contributed by atoms with Crippen LogP contribution in [-0.4, -0.2) is 23.0 Å². The van der Waals surface area contributed by atoms with Gasteiger partial charge < -0.3 is 4.42 Å². The molecule has 0 atom stereocenters. The van der Waals surface area contributed by atoms with Gasteiger partial charge in [0.15, 0.2) is 0 Å². The van der Waals surface area contributed by atoms with Gasteiger partial charge in [-0.2, -0.15) is 14.6 Å². The summed E-state index contributed by atoms with van der Waals surface area (Å²) in [6.07, 6.45) is 1.82. The smallest absolute Gasteiger partial charge is 0.296 e. The third kappa shape index (κ3) is 4.31. The molecule has 2 N–H and O–H groups in total. The highest BCUT2D eigenvalue weighted by Gasteiger charge is 2.13. The third-order valence-corrected chi connectivity index (χ3v) is 6.92. The van der Waals surface area contributed by atoms with E-state index in [4.69, 9.17) is 9.56 Å². The van der Waals surface area contributed by atoms with Crippen molar-refractivity contribution in [1.82, 2.24) is 14.6 Å². The normalized spacial score (nSPS) is 12.4. The molecule has 0 aliphatic rings. The lowest BCUT2D eigenvalue weighted by molar-refractivity contribution is 0.571. The van der Waals surface area contributed by atoms with Crippen LogP contribution in [0.15, 0.2) is 85.6 Å². The van der Waals surface area contributed by atoms with Crippen molar-refractivity contribution in [2.75, 3.05) is 0 Å². The van der Waals surface area contributed by atoms with E-state index in [1.807, 2.05) is 30.3 Å². The fraction of sp³-hybridized carbons (Fsp3) is 0.0435. The lowest BCUT2D eigenvalue weighted by Gasteiger charge is -2.00. The Hall–Kier alpha value is -3.93. The molecule has 0 spiro atoms. The maximum atomic E-state index is 12.9. The number of primary sulfonamides is 1. The van der Waals surface area contributed by atoms with Crippen molar-refractivity contribution in [2.45, 2.75) is 11.3 Å². The number of aromatic nitrogens is 3. The molecule has 0 unspecified atom stereocenters. The molecule has 0 amide bonds. The van der Waals surface area contributed by atoms with E-state index in [2.05, 4.69) is 10.1 Å². The maximum Gasteiger partial charge on any atom is 0.296 e. The van der Waals surface area contributed by atoms with E-state index in [9.17, 15) is 18.0 Å². The minimum atomic E-state index is -3.79. The summed E-state index contributed by atoms with van der Waals surface area (Å²) in [7, 11) is -3.79. The Labute approximate surface area is 196 Å². The Kier molecular flexibility index (Phi) is 5.44. The van der Waals surface area contributed by atoms with E-state index >= 15 is 0 Å². The van der Waals surface area contributed by atoms with Gasteiger partial charge in [0.05, 0.1) is 4.90 Å². The van der Waals surface area contributed by atoms with Crippen LogP contribution in [0.4, 0.5) is 0 Å². The molecule has 34 heavy (non-hydrogen) atoms. The minimum absolute atomic E-state index is 0.00253. The van der Waals surface area contributed by atoms with Crippen molar-refractivity contribution >= 4 is 32.4 Å². The van der Waals surface area contributed by atoms with Gasteiger partial charge >= 0.3 is 0 Å². The molecule has 9 nitrogen and oxygen atoms in total. The van der Waals surface area contributed by atoms with Gasteiger partial charge in [0.2, 0.25) is 15.0 Å². The Bertz CT molecular complexity index is 1790. The number of nitrogens with zero attached hydrogens (tertiary/aromatic N) is 3.